The van der Waals surface area contributed by atoms with Crippen LogP contribution in [0.4, 0.5) is 0 Å². The number of pyridine rings is 1. The van der Waals surface area contributed by atoms with Crippen LogP contribution in [0, 0.1) is 6.92 Å². The normalized spacial score (nSPS) is 13.0. The first-order valence-corrected chi connectivity index (χ1v) is 13.1. The SMILES string of the molecule is Cc1nc(Oc2cccc3cc(OCc4c(-c5c(Cl)cccc5Cl)noc4C4CC4)ccc23)ccc1C(=O)O. The molecule has 1 saturated carbocycles. The average Bonchev–Trinajstić information content (AvgIpc) is 3.67. The number of aromatic nitrogens is 2. The van der Waals surface area contributed by atoms with E-state index in [1.54, 1.807) is 31.2 Å². The van der Waals surface area contributed by atoms with E-state index < -0.39 is 5.97 Å². The highest BCUT2D eigenvalue weighted by Crippen LogP contribution is 2.46. The molecule has 0 unspecified atom stereocenters. The molecule has 7 nitrogen and oxygen atoms in total. The summed E-state index contributed by atoms with van der Waals surface area (Å²) in [5, 5.41) is 16.3. The van der Waals surface area contributed by atoms with E-state index in [-0.39, 0.29) is 12.2 Å². The molecule has 0 aliphatic heterocycles. The van der Waals surface area contributed by atoms with Gasteiger partial charge in [0.25, 0.3) is 0 Å². The molecule has 2 aromatic heterocycles. The number of carboxylic acids is 1. The number of benzene rings is 3. The molecule has 0 bridgehead atoms. The summed E-state index contributed by atoms with van der Waals surface area (Å²) in [5.41, 5.74) is 2.60. The van der Waals surface area contributed by atoms with Crippen molar-refractivity contribution < 1.29 is 23.9 Å². The molecule has 39 heavy (non-hydrogen) atoms. The quantitative estimate of drug-likeness (QED) is 0.203. The Kier molecular flexibility index (Phi) is 6.62. The van der Waals surface area contributed by atoms with Crippen molar-refractivity contribution in [1.29, 1.82) is 0 Å². The van der Waals surface area contributed by atoms with Crippen LogP contribution in [0.5, 0.6) is 17.4 Å². The zero-order chi connectivity index (χ0) is 27.1. The van der Waals surface area contributed by atoms with E-state index in [0.29, 0.717) is 50.3 Å². The minimum atomic E-state index is -1.03. The van der Waals surface area contributed by atoms with Gasteiger partial charge in [0, 0.05) is 22.9 Å². The van der Waals surface area contributed by atoms with Gasteiger partial charge in [-0.3, -0.25) is 0 Å². The molecule has 0 saturated heterocycles. The van der Waals surface area contributed by atoms with Crippen LogP contribution in [0.15, 0.2) is 71.3 Å². The minimum Gasteiger partial charge on any atom is -0.489 e. The highest BCUT2D eigenvalue weighted by Gasteiger charge is 2.33. The molecule has 9 heteroatoms. The maximum Gasteiger partial charge on any atom is 0.337 e. The first kappa shape index (κ1) is 25.2. The summed E-state index contributed by atoms with van der Waals surface area (Å²) in [7, 11) is 0. The number of carbonyl (C=O) groups is 1. The van der Waals surface area contributed by atoms with Crippen LogP contribution in [0.2, 0.25) is 10.0 Å². The van der Waals surface area contributed by atoms with Crippen LogP contribution >= 0.6 is 23.2 Å². The maximum atomic E-state index is 11.3. The monoisotopic (exact) mass is 560 g/mol. The van der Waals surface area contributed by atoms with Gasteiger partial charge in [0.1, 0.15) is 29.6 Å². The Hall–Kier alpha value is -4.07. The number of nitrogens with zero attached hydrogens (tertiary/aromatic N) is 2. The lowest BCUT2D eigenvalue weighted by Crippen LogP contribution is -2.02. The largest absolute Gasteiger partial charge is 0.489 e. The molecule has 6 rings (SSSR count). The lowest BCUT2D eigenvalue weighted by molar-refractivity contribution is 0.0695. The number of aromatic carboxylic acids is 1. The number of fused-ring (bicyclic) bond motifs is 1. The zero-order valence-corrected chi connectivity index (χ0v) is 22.3. The molecular weight excluding hydrogens is 539 g/mol. The van der Waals surface area contributed by atoms with E-state index in [0.717, 1.165) is 34.9 Å². The van der Waals surface area contributed by atoms with Crippen molar-refractivity contribution in [3.05, 3.63) is 99.4 Å². The predicted molar refractivity (Wildman–Crippen MR) is 148 cm³/mol. The molecule has 5 aromatic rings. The van der Waals surface area contributed by atoms with Gasteiger partial charge in [0.05, 0.1) is 26.9 Å². The molecule has 196 valence electrons. The lowest BCUT2D eigenvalue weighted by Gasteiger charge is -2.12. The van der Waals surface area contributed by atoms with Crippen LogP contribution in [-0.2, 0) is 6.61 Å². The second kappa shape index (κ2) is 10.2. The van der Waals surface area contributed by atoms with Gasteiger partial charge >= 0.3 is 5.97 Å². The van der Waals surface area contributed by atoms with Crippen molar-refractivity contribution in [2.45, 2.75) is 32.3 Å². The fourth-order valence-corrected chi connectivity index (χ4v) is 5.12. The van der Waals surface area contributed by atoms with Crippen LogP contribution < -0.4 is 9.47 Å². The molecule has 1 fully saturated rings. The Bertz CT molecular complexity index is 1710. The van der Waals surface area contributed by atoms with Crippen molar-refractivity contribution in [3.8, 4) is 28.6 Å². The lowest BCUT2D eigenvalue weighted by atomic mass is 10.0. The van der Waals surface area contributed by atoms with E-state index in [9.17, 15) is 9.90 Å². The van der Waals surface area contributed by atoms with E-state index >= 15 is 0 Å². The molecule has 0 radical (unpaired) electrons. The van der Waals surface area contributed by atoms with Gasteiger partial charge in [-0.15, -0.1) is 0 Å². The van der Waals surface area contributed by atoms with Crippen LogP contribution in [-0.4, -0.2) is 21.2 Å². The topological polar surface area (TPSA) is 94.7 Å². The van der Waals surface area contributed by atoms with Gasteiger partial charge in [-0.05, 0) is 67.6 Å². The van der Waals surface area contributed by atoms with Gasteiger partial charge in [0.15, 0.2) is 0 Å². The zero-order valence-electron chi connectivity index (χ0n) is 20.8. The van der Waals surface area contributed by atoms with Crippen molar-refractivity contribution >= 4 is 39.9 Å². The molecule has 2 heterocycles. The second-order valence-electron chi connectivity index (χ2n) is 9.36. The van der Waals surface area contributed by atoms with Gasteiger partial charge < -0.3 is 19.1 Å². The van der Waals surface area contributed by atoms with Crippen molar-refractivity contribution in [1.82, 2.24) is 10.1 Å². The first-order valence-electron chi connectivity index (χ1n) is 12.4. The Morgan fingerprint density at radius 2 is 1.82 bits per heavy atom. The summed E-state index contributed by atoms with van der Waals surface area (Å²) < 4.78 is 18.0. The third-order valence-electron chi connectivity index (χ3n) is 6.67. The summed E-state index contributed by atoms with van der Waals surface area (Å²) in [6, 6.07) is 19.8. The van der Waals surface area contributed by atoms with Crippen LogP contribution in [0.1, 0.15) is 46.1 Å². The summed E-state index contributed by atoms with van der Waals surface area (Å²) in [4.78, 5) is 15.6. The van der Waals surface area contributed by atoms with E-state index in [4.69, 9.17) is 37.2 Å². The minimum absolute atomic E-state index is 0.139. The summed E-state index contributed by atoms with van der Waals surface area (Å²) in [6.45, 7) is 1.88. The smallest absolute Gasteiger partial charge is 0.337 e. The van der Waals surface area contributed by atoms with Gasteiger partial charge in [-0.2, -0.15) is 0 Å². The van der Waals surface area contributed by atoms with Gasteiger partial charge in [0.2, 0.25) is 5.88 Å². The molecule has 3 aromatic carbocycles. The third-order valence-corrected chi connectivity index (χ3v) is 7.30. The fraction of sp³-hybridized carbons (Fsp3) is 0.167. The van der Waals surface area contributed by atoms with Crippen LogP contribution in [0.25, 0.3) is 22.0 Å². The molecule has 1 N–H and O–H groups in total. The molecule has 1 aliphatic carbocycles. The average molecular weight is 561 g/mol. The highest BCUT2D eigenvalue weighted by molar-refractivity contribution is 6.39. The molecule has 0 atom stereocenters. The van der Waals surface area contributed by atoms with Crippen LogP contribution in [0.3, 0.4) is 0 Å². The number of hydrogen-bond donors (Lipinski definition) is 1. The summed E-state index contributed by atoms with van der Waals surface area (Å²) >= 11 is 13.0. The summed E-state index contributed by atoms with van der Waals surface area (Å²) in [6.07, 6.45) is 2.09. The number of rotatable bonds is 8. The standard InChI is InChI=1S/C30H22Cl2N2O5/c1-16-20(30(35)36)12-13-26(33-16)38-25-7-2-4-18-14-19(10-11-21(18)25)37-15-22-28(34-39-29(22)17-8-9-17)27-23(31)5-3-6-24(27)32/h2-7,10-14,17H,8-9,15H2,1H3,(H,35,36). The first-order chi connectivity index (χ1) is 18.9. The molecular formula is C30H22Cl2N2O5. The van der Waals surface area contributed by atoms with E-state index in [1.807, 2.05) is 36.4 Å². The fourth-order valence-electron chi connectivity index (χ4n) is 4.55. The Balaban J connectivity index is 1.27. The van der Waals surface area contributed by atoms with Crippen molar-refractivity contribution in [2.24, 2.45) is 0 Å². The van der Waals surface area contributed by atoms with Gasteiger partial charge in [-0.25, -0.2) is 9.78 Å². The molecule has 0 amide bonds. The van der Waals surface area contributed by atoms with Crippen molar-refractivity contribution in [2.75, 3.05) is 0 Å². The third kappa shape index (κ3) is 5.03. The number of hydrogen-bond acceptors (Lipinski definition) is 6. The predicted octanol–water partition coefficient (Wildman–Crippen LogP) is 8.45. The maximum absolute atomic E-state index is 11.3. The number of carboxylic acid groups (broad SMARTS) is 1. The molecule has 0 spiro atoms. The number of ether oxygens (including phenoxy) is 2. The van der Waals surface area contributed by atoms with Crippen molar-refractivity contribution in [3.63, 3.8) is 0 Å². The van der Waals surface area contributed by atoms with E-state index in [2.05, 4.69) is 10.1 Å². The second-order valence-corrected chi connectivity index (χ2v) is 10.2. The Labute approximate surface area is 233 Å². The van der Waals surface area contributed by atoms with E-state index in [1.165, 1.54) is 6.07 Å². The van der Waals surface area contributed by atoms with Gasteiger partial charge in [-0.1, -0.05) is 46.6 Å². The Morgan fingerprint density at radius 3 is 2.54 bits per heavy atom. The highest BCUT2D eigenvalue weighted by atomic mass is 35.5. The molecule has 1 aliphatic rings. The number of halogens is 2. The Morgan fingerprint density at radius 1 is 1.05 bits per heavy atom. The summed E-state index contributed by atoms with van der Waals surface area (Å²) in [5.74, 6) is 1.69. The number of aryl methyl sites for hydroxylation is 1.